The predicted molar refractivity (Wildman–Crippen MR) is 83.9 cm³/mol. The summed E-state index contributed by atoms with van der Waals surface area (Å²) in [4.78, 5) is 9.13. The van der Waals surface area contributed by atoms with Crippen molar-refractivity contribution >= 4 is 5.52 Å². The molecule has 0 saturated heterocycles. The van der Waals surface area contributed by atoms with Gasteiger partial charge < -0.3 is 0 Å². The van der Waals surface area contributed by atoms with E-state index in [1.807, 2.05) is 54.9 Å². The van der Waals surface area contributed by atoms with Crippen LogP contribution in [-0.4, -0.2) is 14.4 Å². The van der Waals surface area contributed by atoms with Crippen LogP contribution in [0.2, 0.25) is 0 Å². The van der Waals surface area contributed by atoms with E-state index < -0.39 is 0 Å². The predicted octanol–water partition coefficient (Wildman–Crippen LogP) is 4.06. The zero-order chi connectivity index (χ0) is 14.1. The maximum atomic E-state index is 4.57. The Bertz CT molecular complexity index is 880. The fraction of sp³-hybridized carbons (Fsp3) is 0. The molecule has 2 aromatic heterocycles. The van der Waals surface area contributed by atoms with E-state index in [4.69, 9.17) is 0 Å². The van der Waals surface area contributed by atoms with Crippen molar-refractivity contribution in [2.24, 2.45) is 0 Å². The first-order chi connectivity index (χ1) is 10.4. The molecule has 0 spiro atoms. The number of fused-ring (bicyclic) bond motifs is 1. The van der Waals surface area contributed by atoms with E-state index in [0.29, 0.717) is 0 Å². The van der Waals surface area contributed by atoms with Crippen molar-refractivity contribution in [3.05, 3.63) is 79.1 Å². The van der Waals surface area contributed by atoms with E-state index >= 15 is 0 Å². The molecule has 0 fully saturated rings. The average molecular weight is 271 g/mol. The molecule has 0 aliphatic heterocycles. The van der Waals surface area contributed by atoms with Crippen LogP contribution in [0.15, 0.2) is 79.1 Å². The van der Waals surface area contributed by atoms with Crippen LogP contribution in [0.5, 0.6) is 0 Å². The van der Waals surface area contributed by atoms with Gasteiger partial charge in [-0.1, -0.05) is 60.7 Å². The quantitative estimate of drug-likeness (QED) is 0.550. The second kappa shape index (κ2) is 4.87. The van der Waals surface area contributed by atoms with Gasteiger partial charge in [0.1, 0.15) is 11.6 Å². The Balaban J connectivity index is 2.03. The Hall–Kier alpha value is -2.94. The highest BCUT2D eigenvalue weighted by atomic mass is 15.1. The minimum absolute atomic E-state index is 0.907. The van der Waals surface area contributed by atoms with Crippen molar-refractivity contribution in [3.63, 3.8) is 0 Å². The van der Waals surface area contributed by atoms with E-state index in [0.717, 1.165) is 28.3 Å². The van der Waals surface area contributed by atoms with Gasteiger partial charge in [-0.15, -0.1) is 0 Å². The molecule has 2 aromatic carbocycles. The molecule has 4 aromatic rings. The van der Waals surface area contributed by atoms with Crippen LogP contribution in [0.3, 0.4) is 0 Å². The minimum atomic E-state index is 0.907. The maximum Gasteiger partial charge on any atom is 0.146 e. The standard InChI is InChI=1S/C18H13N3/c1-3-7-14(8-4-1)17-19-12-11-16-13-20-18(21(16)17)15-9-5-2-6-10-15/h1-13H. The van der Waals surface area contributed by atoms with Gasteiger partial charge in [0.2, 0.25) is 0 Å². The Morgan fingerprint density at radius 3 is 1.81 bits per heavy atom. The highest BCUT2D eigenvalue weighted by Crippen LogP contribution is 2.25. The fourth-order valence-corrected chi connectivity index (χ4v) is 2.53. The number of hydrogen-bond acceptors (Lipinski definition) is 2. The van der Waals surface area contributed by atoms with Gasteiger partial charge in [-0.25, -0.2) is 9.97 Å². The molecule has 3 nitrogen and oxygen atoms in total. The van der Waals surface area contributed by atoms with Gasteiger partial charge in [0, 0.05) is 17.3 Å². The minimum Gasteiger partial charge on any atom is -0.276 e. The molecule has 0 N–H and O–H groups in total. The third-order valence-corrected chi connectivity index (χ3v) is 3.51. The van der Waals surface area contributed by atoms with E-state index in [1.165, 1.54) is 0 Å². The van der Waals surface area contributed by atoms with Crippen molar-refractivity contribution < 1.29 is 0 Å². The van der Waals surface area contributed by atoms with Gasteiger partial charge in [0.15, 0.2) is 0 Å². The van der Waals surface area contributed by atoms with Gasteiger partial charge in [-0.3, -0.25) is 4.40 Å². The highest BCUT2D eigenvalue weighted by molar-refractivity contribution is 5.68. The zero-order valence-corrected chi connectivity index (χ0v) is 11.3. The van der Waals surface area contributed by atoms with Crippen molar-refractivity contribution in [1.82, 2.24) is 14.4 Å². The molecular formula is C18H13N3. The molecule has 21 heavy (non-hydrogen) atoms. The summed E-state index contributed by atoms with van der Waals surface area (Å²) in [6, 6.07) is 22.4. The number of benzene rings is 2. The second-order valence-corrected chi connectivity index (χ2v) is 4.84. The summed E-state index contributed by atoms with van der Waals surface area (Å²) in [5, 5.41) is 0. The van der Waals surface area contributed by atoms with Crippen LogP contribution in [0, 0.1) is 0 Å². The Kier molecular flexibility index (Phi) is 2.75. The van der Waals surface area contributed by atoms with Crippen LogP contribution in [0.25, 0.3) is 28.3 Å². The SMILES string of the molecule is c1ccc(-c2nccc3cnc(-c4ccccc4)n23)cc1. The Morgan fingerprint density at radius 2 is 1.19 bits per heavy atom. The molecule has 0 saturated carbocycles. The average Bonchev–Trinajstić information content (AvgIpc) is 3.00. The fourth-order valence-electron chi connectivity index (χ4n) is 2.53. The highest BCUT2D eigenvalue weighted by Gasteiger charge is 2.11. The first-order valence-electron chi connectivity index (χ1n) is 6.87. The van der Waals surface area contributed by atoms with Crippen molar-refractivity contribution in [2.45, 2.75) is 0 Å². The molecule has 0 atom stereocenters. The van der Waals surface area contributed by atoms with Gasteiger partial charge in [-0.2, -0.15) is 0 Å². The lowest BCUT2D eigenvalue weighted by atomic mass is 10.2. The molecule has 0 aliphatic carbocycles. The number of imidazole rings is 1. The van der Waals surface area contributed by atoms with Gasteiger partial charge >= 0.3 is 0 Å². The second-order valence-electron chi connectivity index (χ2n) is 4.84. The number of aromatic nitrogens is 3. The normalized spacial score (nSPS) is 10.9. The summed E-state index contributed by atoms with van der Waals surface area (Å²) in [7, 11) is 0. The summed E-state index contributed by atoms with van der Waals surface area (Å²) >= 11 is 0. The van der Waals surface area contributed by atoms with Crippen LogP contribution in [0.1, 0.15) is 0 Å². The summed E-state index contributed by atoms with van der Waals surface area (Å²) in [5.41, 5.74) is 3.21. The van der Waals surface area contributed by atoms with Crippen LogP contribution < -0.4 is 0 Å². The molecule has 2 heterocycles. The molecule has 0 aliphatic rings. The maximum absolute atomic E-state index is 4.57. The van der Waals surface area contributed by atoms with E-state index in [1.54, 1.807) is 0 Å². The van der Waals surface area contributed by atoms with E-state index in [-0.39, 0.29) is 0 Å². The monoisotopic (exact) mass is 271 g/mol. The zero-order valence-electron chi connectivity index (χ0n) is 11.3. The smallest absolute Gasteiger partial charge is 0.146 e. The van der Waals surface area contributed by atoms with Crippen LogP contribution in [-0.2, 0) is 0 Å². The lowest BCUT2D eigenvalue weighted by Crippen LogP contribution is -1.97. The number of nitrogens with zero attached hydrogens (tertiary/aromatic N) is 3. The molecular weight excluding hydrogens is 258 g/mol. The summed E-state index contributed by atoms with van der Waals surface area (Å²) < 4.78 is 2.10. The van der Waals surface area contributed by atoms with Crippen molar-refractivity contribution in [3.8, 4) is 22.8 Å². The third-order valence-electron chi connectivity index (χ3n) is 3.51. The van der Waals surface area contributed by atoms with E-state index in [2.05, 4.69) is 38.6 Å². The lowest BCUT2D eigenvalue weighted by molar-refractivity contribution is 1.09. The van der Waals surface area contributed by atoms with Gasteiger partial charge in [-0.05, 0) is 6.07 Å². The third kappa shape index (κ3) is 1.99. The first kappa shape index (κ1) is 11.9. The Labute approximate surface area is 122 Å². The first-order valence-corrected chi connectivity index (χ1v) is 6.87. The lowest BCUT2D eigenvalue weighted by Gasteiger charge is -2.08. The molecule has 100 valence electrons. The molecule has 0 bridgehead atoms. The molecule has 4 rings (SSSR count). The summed E-state index contributed by atoms with van der Waals surface area (Å²) in [6.07, 6.45) is 3.71. The van der Waals surface area contributed by atoms with Crippen LogP contribution >= 0.6 is 0 Å². The topological polar surface area (TPSA) is 30.2 Å². The van der Waals surface area contributed by atoms with Gasteiger partial charge in [0.25, 0.3) is 0 Å². The largest absolute Gasteiger partial charge is 0.276 e. The molecule has 0 radical (unpaired) electrons. The molecule has 3 heteroatoms. The van der Waals surface area contributed by atoms with Crippen molar-refractivity contribution in [2.75, 3.05) is 0 Å². The molecule has 0 unspecified atom stereocenters. The Morgan fingerprint density at radius 1 is 0.619 bits per heavy atom. The van der Waals surface area contributed by atoms with Crippen molar-refractivity contribution in [1.29, 1.82) is 0 Å². The van der Waals surface area contributed by atoms with Gasteiger partial charge in [0.05, 0.1) is 11.7 Å². The van der Waals surface area contributed by atoms with E-state index in [9.17, 15) is 0 Å². The number of rotatable bonds is 2. The van der Waals surface area contributed by atoms with Crippen LogP contribution in [0.4, 0.5) is 0 Å². The summed E-state index contributed by atoms with van der Waals surface area (Å²) in [5.74, 6) is 1.82. The number of hydrogen-bond donors (Lipinski definition) is 0. The molecule has 0 amide bonds. The summed E-state index contributed by atoms with van der Waals surface area (Å²) in [6.45, 7) is 0.